The van der Waals surface area contributed by atoms with Crippen LogP contribution in [0.25, 0.3) is 0 Å². The number of carbonyl (C=O) groups excluding carboxylic acids is 1. The molecule has 0 saturated heterocycles. The Hall–Kier alpha value is -2.10. The number of nitrogens with zero attached hydrogens (tertiary/aromatic N) is 2. The fourth-order valence-electron chi connectivity index (χ4n) is 2.00. The van der Waals surface area contributed by atoms with E-state index in [-0.39, 0.29) is 5.78 Å². The van der Waals surface area contributed by atoms with E-state index in [1.165, 1.54) is 0 Å². The summed E-state index contributed by atoms with van der Waals surface area (Å²) in [5.74, 6) is 0.876. The lowest BCUT2D eigenvalue weighted by atomic mass is 10.1. The number of hydrogen-bond donors (Lipinski definition) is 0. The molecule has 4 heteroatoms. The van der Waals surface area contributed by atoms with Crippen molar-refractivity contribution in [3.05, 3.63) is 47.3 Å². The fourth-order valence-corrected chi connectivity index (χ4v) is 2.00. The Morgan fingerprint density at radius 1 is 1.32 bits per heavy atom. The molecule has 0 aliphatic rings. The molecule has 2 rings (SSSR count). The predicted molar refractivity (Wildman–Crippen MR) is 73.6 cm³/mol. The minimum atomic E-state index is 0.0889. The quantitative estimate of drug-likeness (QED) is 0.774. The van der Waals surface area contributed by atoms with Gasteiger partial charge >= 0.3 is 0 Å². The zero-order chi connectivity index (χ0) is 13.8. The van der Waals surface area contributed by atoms with Crippen LogP contribution in [0.1, 0.15) is 28.7 Å². The molecule has 0 amide bonds. The molecule has 0 aliphatic heterocycles. The second-order valence-electron chi connectivity index (χ2n) is 4.46. The van der Waals surface area contributed by atoms with Crippen LogP contribution in [0, 0.1) is 6.92 Å². The van der Waals surface area contributed by atoms with Crippen LogP contribution in [0.3, 0.4) is 0 Å². The van der Waals surface area contributed by atoms with Gasteiger partial charge in [0.25, 0.3) is 0 Å². The van der Waals surface area contributed by atoms with Crippen molar-refractivity contribution in [1.82, 2.24) is 9.78 Å². The Morgan fingerprint density at radius 2 is 2.00 bits per heavy atom. The lowest BCUT2D eigenvalue weighted by Gasteiger charge is -2.05. The van der Waals surface area contributed by atoms with Crippen molar-refractivity contribution in [3.8, 4) is 5.75 Å². The van der Waals surface area contributed by atoms with Crippen LogP contribution in [0.4, 0.5) is 0 Å². The van der Waals surface area contributed by atoms with Crippen molar-refractivity contribution in [2.45, 2.75) is 20.3 Å². The van der Waals surface area contributed by atoms with E-state index in [9.17, 15) is 4.79 Å². The van der Waals surface area contributed by atoms with Crippen LogP contribution in [0.2, 0.25) is 0 Å². The van der Waals surface area contributed by atoms with Crippen LogP contribution in [0.15, 0.2) is 30.3 Å². The molecule has 0 radical (unpaired) electrons. The van der Waals surface area contributed by atoms with Crippen molar-refractivity contribution in [2.24, 2.45) is 7.05 Å². The van der Waals surface area contributed by atoms with Crippen LogP contribution in [-0.2, 0) is 13.5 Å². The van der Waals surface area contributed by atoms with Crippen molar-refractivity contribution in [1.29, 1.82) is 0 Å². The largest absolute Gasteiger partial charge is 0.494 e. The second kappa shape index (κ2) is 5.69. The molecule has 1 aromatic heterocycles. The van der Waals surface area contributed by atoms with Gasteiger partial charge in [0.15, 0.2) is 5.78 Å². The third-order valence-electron chi connectivity index (χ3n) is 2.93. The topological polar surface area (TPSA) is 44.1 Å². The average molecular weight is 258 g/mol. The highest BCUT2D eigenvalue weighted by atomic mass is 16.5. The Morgan fingerprint density at radius 3 is 2.53 bits per heavy atom. The second-order valence-corrected chi connectivity index (χ2v) is 4.46. The maximum absolute atomic E-state index is 12.2. The van der Waals surface area contributed by atoms with Gasteiger partial charge in [-0.2, -0.15) is 5.10 Å². The molecule has 0 saturated carbocycles. The van der Waals surface area contributed by atoms with E-state index in [1.54, 1.807) is 16.8 Å². The number of aromatic nitrogens is 2. The van der Waals surface area contributed by atoms with Crippen LogP contribution < -0.4 is 4.74 Å². The van der Waals surface area contributed by atoms with Gasteiger partial charge in [0.05, 0.1) is 18.7 Å². The summed E-state index contributed by atoms with van der Waals surface area (Å²) in [6, 6.07) is 9.19. The highest BCUT2D eigenvalue weighted by Gasteiger charge is 2.10. The van der Waals surface area contributed by atoms with Gasteiger partial charge in [0.1, 0.15) is 5.75 Å². The standard InChI is InChI=1S/C15H18N2O2/c1-4-19-14-7-5-12(6-8-14)15(18)10-13-9-11(2)16-17(13)3/h5-9H,4,10H2,1-3H3. The van der Waals surface area contributed by atoms with Gasteiger partial charge in [-0.25, -0.2) is 0 Å². The van der Waals surface area contributed by atoms with E-state index in [0.717, 1.165) is 17.1 Å². The number of carbonyl (C=O) groups is 1. The number of ketones is 1. The molecule has 19 heavy (non-hydrogen) atoms. The molecule has 0 atom stereocenters. The van der Waals surface area contributed by atoms with Gasteiger partial charge in [0.2, 0.25) is 0 Å². The molecule has 4 nitrogen and oxygen atoms in total. The Bertz CT molecular complexity index is 570. The van der Waals surface area contributed by atoms with Gasteiger partial charge < -0.3 is 4.74 Å². The lowest BCUT2D eigenvalue weighted by molar-refractivity contribution is 0.0990. The maximum atomic E-state index is 12.2. The molecular weight excluding hydrogens is 240 g/mol. The van der Waals surface area contributed by atoms with E-state index in [0.29, 0.717) is 18.6 Å². The highest BCUT2D eigenvalue weighted by molar-refractivity contribution is 5.97. The summed E-state index contributed by atoms with van der Waals surface area (Å²) in [6.45, 7) is 4.48. The van der Waals surface area contributed by atoms with Gasteiger partial charge in [-0.15, -0.1) is 0 Å². The minimum Gasteiger partial charge on any atom is -0.494 e. The number of benzene rings is 1. The van der Waals surface area contributed by atoms with E-state index in [1.807, 2.05) is 39.1 Å². The predicted octanol–water partition coefficient (Wildman–Crippen LogP) is 2.55. The van der Waals surface area contributed by atoms with E-state index in [4.69, 9.17) is 4.74 Å². The molecule has 0 bridgehead atoms. The first kappa shape index (κ1) is 13.3. The first-order valence-electron chi connectivity index (χ1n) is 6.35. The molecule has 1 heterocycles. The number of rotatable bonds is 5. The molecule has 0 N–H and O–H groups in total. The summed E-state index contributed by atoms with van der Waals surface area (Å²) in [5, 5.41) is 4.24. The van der Waals surface area contributed by atoms with Crippen molar-refractivity contribution in [2.75, 3.05) is 6.61 Å². The molecule has 0 aliphatic carbocycles. The van der Waals surface area contributed by atoms with Gasteiger partial charge in [-0.05, 0) is 44.2 Å². The first-order valence-corrected chi connectivity index (χ1v) is 6.35. The third kappa shape index (κ3) is 3.22. The first-order chi connectivity index (χ1) is 9.10. The molecule has 0 fully saturated rings. The van der Waals surface area contributed by atoms with Gasteiger partial charge in [-0.1, -0.05) is 0 Å². The van der Waals surface area contributed by atoms with E-state index >= 15 is 0 Å². The zero-order valence-corrected chi connectivity index (χ0v) is 11.5. The third-order valence-corrected chi connectivity index (χ3v) is 2.93. The molecule has 100 valence electrons. The molecule has 2 aromatic rings. The fraction of sp³-hybridized carbons (Fsp3) is 0.333. The Labute approximate surface area is 113 Å². The van der Waals surface area contributed by atoms with Gasteiger partial charge in [0, 0.05) is 18.3 Å². The minimum absolute atomic E-state index is 0.0889. The summed E-state index contributed by atoms with van der Waals surface area (Å²) < 4.78 is 7.11. The molecule has 0 spiro atoms. The Balaban J connectivity index is 2.09. The smallest absolute Gasteiger partial charge is 0.168 e. The zero-order valence-electron chi connectivity index (χ0n) is 11.5. The lowest BCUT2D eigenvalue weighted by Crippen LogP contribution is -2.07. The number of ether oxygens (including phenoxy) is 1. The summed E-state index contributed by atoms with van der Waals surface area (Å²) in [6.07, 6.45) is 0.366. The molecule has 1 aromatic carbocycles. The van der Waals surface area contributed by atoms with Crippen LogP contribution in [-0.4, -0.2) is 22.2 Å². The van der Waals surface area contributed by atoms with Crippen molar-refractivity contribution >= 4 is 5.78 Å². The maximum Gasteiger partial charge on any atom is 0.168 e. The summed E-state index contributed by atoms with van der Waals surface area (Å²) in [7, 11) is 1.85. The summed E-state index contributed by atoms with van der Waals surface area (Å²) >= 11 is 0. The molecular formula is C15H18N2O2. The summed E-state index contributed by atoms with van der Waals surface area (Å²) in [5.41, 5.74) is 2.55. The number of aryl methyl sites for hydroxylation is 2. The number of Topliss-reactive ketones (excluding diaryl/α,β-unsaturated/α-hetero) is 1. The normalized spacial score (nSPS) is 10.5. The molecule has 0 unspecified atom stereocenters. The summed E-state index contributed by atoms with van der Waals surface area (Å²) in [4.78, 5) is 12.2. The van der Waals surface area contributed by atoms with Crippen molar-refractivity contribution < 1.29 is 9.53 Å². The van der Waals surface area contributed by atoms with E-state index in [2.05, 4.69) is 5.10 Å². The van der Waals surface area contributed by atoms with Crippen molar-refractivity contribution in [3.63, 3.8) is 0 Å². The van der Waals surface area contributed by atoms with Crippen LogP contribution >= 0.6 is 0 Å². The van der Waals surface area contributed by atoms with E-state index < -0.39 is 0 Å². The van der Waals surface area contributed by atoms with Crippen LogP contribution in [0.5, 0.6) is 5.75 Å². The number of hydrogen-bond acceptors (Lipinski definition) is 3. The highest BCUT2D eigenvalue weighted by Crippen LogP contribution is 2.14. The SMILES string of the molecule is CCOc1ccc(C(=O)Cc2cc(C)nn2C)cc1. The Kier molecular flexibility index (Phi) is 4.00. The van der Waals surface area contributed by atoms with Gasteiger partial charge in [-0.3, -0.25) is 9.48 Å². The monoisotopic (exact) mass is 258 g/mol. The average Bonchev–Trinajstić information content (AvgIpc) is 2.69.